The molecule has 4 aliphatic carbocycles. The lowest BCUT2D eigenvalue weighted by atomic mass is 9.53. The van der Waals surface area contributed by atoms with Crippen LogP contribution in [0.2, 0.25) is 0 Å². The van der Waals surface area contributed by atoms with Gasteiger partial charge in [-0.25, -0.2) is 9.78 Å². The Bertz CT molecular complexity index is 1050. The molecule has 2 aromatic rings. The average Bonchev–Trinajstić information content (AvgIpc) is 3.46. The van der Waals surface area contributed by atoms with E-state index in [0.717, 1.165) is 61.6 Å². The van der Waals surface area contributed by atoms with Gasteiger partial charge in [-0.3, -0.25) is 0 Å². The molecule has 2 amide bonds. The second-order valence-electron chi connectivity index (χ2n) is 11.3. The number of benzene rings is 1. The van der Waals surface area contributed by atoms with Crippen LogP contribution in [0.3, 0.4) is 0 Å². The molecule has 1 aromatic heterocycles. The number of hydrogen-bond acceptors (Lipinski definition) is 4. The Balaban J connectivity index is 1.01. The van der Waals surface area contributed by atoms with Gasteiger partial charge in [0.05, 0.1) is 23.7 Å². The molecule has 5 fully saturated rings. The first-order valence-electron chi connectivity index (χ1n) is 12.9. The van der Waals surface area contributed by atoms with Crippen LogP contribution < -0.4 is 10.6 Å². The van der Waals surface area contributed by atoms with Gasteiger partial charge in [0.2, 0.25) is 0 Å². The molecule has 7 rings (SSSR count). The van der Waals surface area contributed by atoms with Crippen molar-refractivity contribution in [3.8, 4) is 6.07 Å². The van der Waals surface area contributed by atoms with Crippen LogP contribution in [0.4, 0.5) is 4.79 Å². The number of imidazole rings is 1. The summed E-state index contributed by atoms with van der Waals surface area (Å²) in [5, 5.41) is 16.2. The Labute approximate surface area is 201 Å². The summed E-state index contributed by atoms with van der Waals surface area (Å²) in [7, 11) is 0. The molecule has 5 aliphatic rings. The fourth-order valence-electron chi connectivity index (χ4n) is 7.45. The first-order chi connectivity index (χ1) is 16.6. The Morgan fingerprint density at radius 3 is 2.50 bits per heavy atom. The van der Waals surface area contributed by atoms with E-state index in [9.17, 15) is 4.79 Å². The van der Waals surface area contributed by atoms with Crippen molar-refractivity contribution in [3.05, 3.63) is 53.6 Å². The minimum Gasteiger partial charge on any atom is -0.333 e. The molecule has 2 N–H and O–H groups in total. The minimum absolute atomic E-state index is 0.0787. The molecule has 0 radical (unpaired) electrons. The number of rotatable bonds is 6. The van der Waals surface area contributed by atoms with Crippen molar-refractivity contribution in [2.45, 2.75) is 69.6 Å². The summed E-state index contributed by atoms with van der Waals surface area (Å²) in [5.74, 6) is 2.52. The highest BCUT2D eigenvalue weighted by Crippen LogP contribution is 2.55. The molecule has 4 saturated carbocycles. The summed E-state index contributed by atoms with van der Waals surface area (Å²) in [6.07, 6.45) is 12.5. The van der Waals surface area contributed by atoms with Crippen LogP contribution in [0.1, 0.15) is 61.8 Å². The van der Waals surface area contributed by atoms with Crippen LogP contribution in [0.5, 0.6) is 0 Å². The van der Waals surface area contributed by atoms with Crippen molar-refractivity contribution in [3.63, 3.8) is 0 Å². The van der Waals surface area contributed by atoms with E-state index in [-0.39, 0.29) is 11.6 Å². The van der Waals surface area contributed by atoms with E-state index in [1.807, 2.05) is 41.7 Å². The van der Waals surface area contributed by atoms with Gasteiger partial charge in [0, 0.05) is 44.0 Å². The number of aromatic nitrogens is 2. The maximum Gasteiger partial charge on any atom is 0.317 e. The van der Waals surface area contributed by atoms with E-state index >= 15 is 0 Å². The molecule has 0 unspecified atom stereocenters. The van der Waals surface area contributed by atoms with E-state index in [4.69, 9.17) is 5.26 Å². The summed E-state index contributed by atoms with van der Waals surface area (Å²) in [6.45, 7) is 3.04. The molecule has 0 spiro atoms. The smallest absolute Gasteiger partial charge is 0.317 e. The van der Waals surface area contributed by atoms with Gasteiger partial charge in [-0.15, -0.1) is 0 Å². The standard InChI is InChI=1S/C27H34N6O/c28-13-19-1-3-20(4-2-19)16-33-18-29-14-25(33)15-30-24-5-6-32(17-24)26(34)31-27-10-21-7-22(11-27)9-23(8-21)12-27/h1-4,14,18,21-24,30H,5-12,15-17H2,(H,31,34)/t21?,22?,23?,24-,27?/m0/s1. The Kier molecular flexibility index (Phi) is 5.57. The molecule has 34 heavy (non-hydrogen) atoms. The van der Waals surface area contributed by atoms with Gasteiger partial charge in [0.15, 0.2) is 0 Å². The van der Waals surface area contributed by atoms with Crippen LogP contribution in [-0.2, 0) is 13.1 Å². The zero-order chi connectivity index (χ0) is 23.1. The monoisotopic (exact) mass is 458 g/mol. The highest BCUT2D eigenvalue weighted by molar-refractivity contribution is 5.75. The molecule has 1 aliphatic heterocycles. The largest absolute Gasteiger partial charge is 0.333 e. The van der Waals surface area contributed by atoms with E-state index in [1.165, 1.54) is 38.5 Å². The van der Waals surface area contributed by atoms with Gasteiger partial charge in [0.25, 0.3) is 0 Å². The average molecular weight is 459 g/mol. The number of nitriles is 1. The van der Waals surface area contributed by atoms with E-state index in [1.54, 1.807) is 0 Å². The van der Waals surface area contributed by atoms with Gasteiger partial charge in [-0.2, -0.15) is 5.26 Å². The zero-order valence-corrected chi connectivity index (χ0v) is 19.7. The van der Waals surface area contributed by atoms with Crippen molar-refractivity contribution in [1.29, 1.82) is 5.26 Å². The highest BCUT2D eigenvalue weighted by atomic mass is 16.2. The fraction of sp³-hybridized carbons (Fsp3) is 0.593. The van der Waals surface area contributed by atoms with Gasteiger partial charge < -0.3 is 20.1 Å². The lowest BCUT2D eigenvalue weighted by Crippen LogP contribution is -2.61. The van der Waals surface area contributed by atoms with Crippen molar-refractivity contribution >= 4 is 6.03 Å². The topological polar surface area (TPSA) is 86.0 Å². The van der Waals surface area contributed by atoms with Gasteiger partial charge in [0.1, 0.15) is 0 Å². The molecular formula is C27H34N6O. The molecule has 7 heteroatoms. The Hall–Kier alpha value is -2.85. The van der Waals surface area contributed by atoms with Gasteiger partial charge >= 0.3 is 6.03 Å². The third-order valence-electron chi connectivity index (χ3n) is 8.69. The lowest BCUT2D eigenvalue weighted by molar-refractivity contribution is -0.0153. The van der Waals surface area contributed by atoms with E-state index in [0.29, 0.717) is 11.6 Å². The number of nitrogens with one attached hydrogen (secondary N) is 2. The lowest BCUT2D eigenvalue weighted by Gasteiger charge is -2.57. The molecule has 1 saturated heterocycles. The maximum absolute atomic E-state index is 13.2. The predicted octanol–water partition coefficient (Wildman–Crippen LogP) is 3.65. The van der Waals surface area contributed by atoms with Gasteiger partial charge in [-0.05, 0) is 80.4 Å². The summed E-state index contributed by atoms with van der Waals surface area (Å²) in [4.78, 5) is 19.5. The Morgan fingerprint density at radius 1 is 1.12 bits per heavy atom. The molecule has 4 bridgehead atoms. The van der Waals surface area contributed by atoms with Gasteiger partial charge in [-0.1, -0.05) is 12.1 Å². The van der Waals surface area contributed by atoms with E-state index in [2.05, 4.69) is 26.3 Å². The molecule has 1 atom stereocenters. The minimum atomic E-state index is 0.0787. The molecule has 178 valence electrons. The third kappa shape index (κ3) is 4.32. The van der Waals surface area contributed by atoms with Crippen LogP contribution in [-0.4, -0.2) is 45.2 Å². The normalized spacial score (nSPS) is 31.6. The van der Waals surface area contributed by atoms with Crippen molar-refractivity contribution < 1.29 is 4.79 Å². The quantitative estimate of drug-likeness (QED) is 0.692. The first kappa shape index (κ1) is 21.7. The maximum atomic E-state index is 13.2. The number of carbonyl (C=O) groups excluding carboxylic acids is 1. The van der Waals surface area contributed by atoms with Crippen LogP contribution in [0, 0.1) is 29.1 Å². The number of carbonyl (C=O) groups is 1. The number of likely N-dealkylation sites (tertiary alicyclic amines) is 1. The first-order valence-corrected chi connectivity index (χ1v) is 12.9. The summed E-state index contributed by atoms with van der Waals surface area (Å²) in [6, 6.07) is 10.3. The van der Waals surface area contributed by atoms with E-state index < -0.39 is 0 Å². The molecular weight excluding hydrogens is 424 g/mol. The van der Waals surface area contributed by atoms with Crippen LogP contribution in [0.25, 0.3) is 0 Å². The summed E-state index contributed by atoms with van der Waals surface area (Å²) in [5.41, 5.74) is 3.02. The van der Waals surface area contributed by atoms with Crippen molar-refractivity contribution in [1.82, 2.24) is 25.1 Å². The zero-order valence-electron chi connectivity index (χ0n) is 19.7. The summed E-state index contributed by atoms with van der Waals surface area (Å²) < 4.78 is 2.14. The van der Waals surface area contributed by atoms with Crippen molar-refractivity contribution in [2.24, 2.45) is 17.8 Å². The highest BCUT2D eigenvalue weighted by Gasteiger charge is 2.52. The molecule has 1 aromatic carbocycles. The number of hydrogen-bond donors (Lipinski definition) is 2. The summed E-state index contributed by atoms with van der Waals surface area (Å²) >= 11 is 0. The second-order valence-corrected chi connectivity index (χ2v) is 11.3. The SMILES string of the molecule is N#Cc1ccc(Cn2cncc2CN[C@H]2CCN(C(=O)NC34CC5CC(CC(C5)C3)C4)C2)cc1. The molecule has 7 nitrogen and oxygen atoms in total. The predicted molar refractivity (Wildman–Crippen MR) is 129 cm³/mol. The fourth-order valence-corrected chi connectivity index (χ4v) is 7.45. The molecule has 2 heterocycles. The number of nitrogens with zero attached hydrogens (tertiary/aromatic N) is 4. The third-order valence-corrected chi connectivity index (χ3v) is 8.69. The Morgan fingerprint density at radius 2 is 1.82 bits per heavy atom. The van der Waals surface area contributed by atoms with Crippen LogP contribution in [0.15, 0.2) is 36.8 Å². The van der Waals surface area contributed by atoms with Crippen LogP contribution >= 0.6 is 0 Å². The number of urea groups is 1. The number of amides is 2. The van der Waals surface area contributed by atoms with Crippen molar-refractivity contribution in [2.75, 3.05) is 13.1 Å². The second kappa shape index (κ2) is 8.74.